The number of rotatable bonds is 5. The summed E-state index contributed by atoms with van der Waals surface area (Å²) in [6.07, 6.45) is 1.35. The summed E-state index contributed by atoms with van der Waals surface area (Å²) in [5.74, 6) is -0.0500. The second-order valence-corrected chi connectivity index (χ2v) is 5.30. The highest BCUT2D eigenvalue weighted by Crippen LogP contribution is 2.17. The predicted molar refractivity (Wildman–Crippen MR) is 90.2 cm³/mol. The van der Waals surface area contributed by atoms with Crippen LogP contribution in [0.15, 0.2) is 71.3 Å². The third-order valence-corrected chi connectivity index (χ3v) is 3.50. The van der Waals surface area contributed by atoms with Crippen LogP contribution >= 0.6 is 0 Å². The Labute approximate surface area is 148 Å². The van der Waals surface area contributed by atoms with E-state index in [9.17, 15) is 4.79 Å². The van der Waals surface area contributed by atoms with E-state index in [0.717, 1.165) is 11.3 Å². The minimum absolute atomic E-state index is 0.0941. The number of ether oxygens (including phenoxy) is 1. The maximum absolute atomic E-state index is 12.1. The molecule has 0 amide bonds. The van der Waals surface area contributed by atoms with Crippen LogP contribution < -0.4 is 0 Å². The van der Waals surface area contributed by atoms with Gasteiger partial charge in [-0.25, -0.2) is 4.79 Å². The maximum atomic E-state index is 12.1. The molecule has 2 aromatic carbocycles. The number of hydrogen-bond acceptors (Lipinski definition) is 7. The molecule has 0 saturated carbocycles. The van der Waals surface area contributed by atoms with E-state index >= 15 is 0 Å². The molecule has 8 nitrogen and oxygen atoms in total. The van der Waals surface area contributed by atoms with Crippen LogP contribution in [0.2, 0.25) is 0 Å². The molecular formula is C18H13N5O3. The lowest BCUT2D eigenvalue weighted by Crippen LogP contribution is -2.07. The molecule has 0 N–H and O–H groups in total. The molecule has 2 aromatic heterocycles. The molecule has 0 atom stereocenters. The molecule has 0 unspecified atom stereocenters. The van der Waals surface area contributed by atoms with Gasteiger partial charge in [0.2, 0.25) is 5.89 Å². The Morgan fingerprint density at radius 3 is 2.50 bits per heavy atom. The molecule has 4 rings (SSSR count). The summed E-state index contributed by atoms with van der Waals surface area (Å²) < 4.78 is 10.7. The van der Waals surface area contributed by atoms with Crippen LogP contribution in [0.4, 0.5) is 0 Å². The first-order valence-corrected chi connectivity index (χ1v) is 7.82. The SMILES string of the molecule is O=C(OCc1nnc(-c2ccccc2)o1)c1cnn(-c2ccccc2)n1. The van der Waals surface area contributed by atoms with Gasteiger partial charge < -0.3 is 9.15 Å². The van der Waals surface area contributed by atoms with Gasteiger partial charge in [0.15, 0.2) is 12.3 Å². The zero-order valence-corrected chi connectivity index (χ0v) is 13.5. The number of hydrogen-bond donors (Lipinski definition) is 0. The number of esters is 1. The lowest BCUT2D eigenvalue weighted by molar-refractivity contribution is 0.0431. The fraction of sp³-hybridized carbons (Fsp3) is 0.0556. The molecule has 0 spiro atoms. The molecule has 0 aliphatic rings. The zero-order chi connectivity index (χ0) is 17.8. The van der Waals surface area contributed by atoms with Crippen molar-refractivity contribution < 1.29 is 13.9 Å². The average Bonchev–Trinajstić information content (AvgIpc) is 3.37. The van der Waals surface area contributed by atoms with E-state index in [1.165, 1.54) is 11.0 Å². The van der Waals surface area contributed by atoms with Crippen molar-refractivity contribution in [2.24, 2.45) is 0 Å². The third-order valence-electron chi connectivity index (χ3n) is 3.50. The van der Waals surface area contributed by atoms with Crippen molar-refractivity contribution in [2.45, 2.75) is 6.61 Å². The van der Waals surface area contributed by atoms with Crippen LogP contribution in [0, 0.1) is 0 Å². The summed E-state index contributed by atoms with van der Waals surface area (Å²) in [6, 6.07) is 18.6. The van der Waals surface area contributed by atoms with Crippen molar-refractivity contribution >= 4 is 5.97 Å². The second-order valence-electron chi connectivity index (χ2n) is 5.30. The molecule has 0 fully saturated rings. The number of nitrogens with zero attached hydrogens (tertiary/aromatic N) is 5. The van der Waals surface area contributed by atoms with Gasteiger partial charge in [-0.05, 0) is 24.3 Å². The van der Waals surface area contributed by atoms with E-state index in [1.54, 1.807) is 0 Å². The summed E-state index contributed by atoms with van der Waals surface area (Å²) in [7, 11) is 0. The minimum Gasteiger partial charge on any atom is -0.451 e. The first-order chi connectivity index (χ1) is 12.8. The largest absolute Gasteiger partial charge is 0.451 e. The van der Waals surface area contributed by atoms with Gasteiger partial charge in [0.25, 0.3) is 5.89 Å². The quantitative estimate of drug-likeness (QED) is 0.512. The Balaban J connectivity index is 1.40. The number of carbonyl (C=O) groups is 1. The van der Waals surface area contributed by atoms with Gasteiger partial charge in [-0.3, -0.25) is 0 Å². The van der Waals surface area contributed by atoms with Crippen LogP contribution in [0.3, 0.4) is 0 Å². The summed E-state index contributed by atoms with van der Waals surface area (Å²) in [5, 5.41) is 16.0. The number of benzene rings is 2. The maximum Gasteiger partial charge on any atom is 0.361 e. The fourth-order valence-corrected chi connectivity index (χ4v) is 2.25. The van der Waals surface area contributed by atoms with Crippen molar-refractivity contribution in [3.8, 4) is 17.1 Å². The summed E-state index contributed by atoms with van der Waals surface area (Å²) in [4.78, 5) is 13.5. The van der Waals surface area contributed by atoms with Crippen molar-refractivity contribution in [1.29, 1.82) is 0 Å². The van der Waals surface area contributed by atoms with E-state index in [-0.39, 0.29) is 18.2 Å². The van der Waals surface area contributed by atoms with E-state index in [4.69, 9.17) is 9.15 Å². The van der Waals surface area contributed by atoms with Crippen molar-refractivity contribution in [3.63, 3.8) is 0 Å². The highest BCUT2D eigenvalue weighted by atomic mass is 16.5. The van der Waals surface area contributed by atoms with E-state index < -0.39 is 5.97 Å². The van der Waals surface area contributed by atoms with Crippen LogP contribution in [-0.2, 0) is 11.3 Å². The van der Waals surface area contributed by atoms with E-state index in [2.05, 4.69) is 20.4 Å². The molecule has 8 heteroatoms. The number of aromatic nitrogens is 5. The van der Waals surface area contributed by atoms with Gasteiger partial charge in [0.1, 0.15) is 0 Å². The summed E-state index contributed by atoms with van der Waals surface area (Å²) in [5.41, 5.74) is 1.64. The molecular weight excluding hydrogens is 334 g/mol. The molecule has 0 aliphatic heterocycles. The van der Waals surface area contributed by atoms with Crippen molar-refractivity contribution in [2.75, 3.05) is 0 Å². The van der Waals surface area contributed by atoms with Gasteiger partial charge >= 0.3 is 5.97 Å². The molecule has 2 heterocycles. The highest BCUT2D eigenvalue weighted by Gasteiger charge is 2.15. The molecule has 128 valence electrons. The summed E-state index contributed by atoms with van der Waals surface area (Å²) in [6.45, 7) is -0.142. The first-order valence-electron chi connectivity index (χ1n) is 7.82. The van der Waals surface area contributed by atoms with Crippen molar-refractivity contribution in [1.82, 2.24) is 25.2 Å². The Bertz CT molecular complexity index is 1010. The zero-order valence-electron chi connectivity index (χ0n) is 13.5. The summed E-state index contributed by atoms with van der Waals surface area (Å²) >= 11 is 0. The molecule has 0 aliphatic carbocycles. The van der Waals surface area contributed by atoms with Crippen LogP contribution in [0.1, 0.15) is 16.4 Å². The van der Waals surface area contributed by atoms with Gasteiger partial charge in [-0.2, -0.15) is 9.90 Å². The molecule has 26 heavy (non-hydrogen) atoms. The number of para-hydroxylation sites is 1. The van der Waals surface area contributed by atoms with E-state index in [0.29, 0.717) is 5.89 Å². The van der Waals surface area contributed by atoms with E-state index in [1.807, 2.05) is 60.7 Å². The third kappa shape index (κ3) is 3.34. The average molecular weight is 347 g/mol. The van der Waals surface area contributed by atoms with Gasteiger partial charge in [0.05, 0.1) is 11.9 Å². The minimum atomic E-state index is -0.619. The van der Waals surface area contributed by atoms with Gasteiger partial charge in [-0.1, -0.05) is 36.4 Å². The Kier molecular flexibility index (Phi) is 4.21. The second kappa shape index (κ2) is 6.98. The standard InChI is InChI=1S/C18H13N5O3/c24-18(15-11-19-23(22-15)14-9-5-2-6-10-14)25-12-16-20-21-17(26-16)13-7-3-1-4-8-13/h1-11H,12H2. The molecule has 0 bridgehead atoms. The fourth-order valence-electron chi connectivity index (χ4n) is 2.25. The highest BCUT2D eigenvalue weighted by molar-refractivity contribution is 5.86. The van der Waals surface area contributed by atoms with Crippen LogP contribution in [0.5, 0.6) is 0 Å². The Morgan fingerprint density at radius 1 is 1.00 bits per heavy atom. The first kappa shape index (κ1) is 15.7. The van der Waals surface area contributed by atoms with Crippen LogP contribution in [0.25, 0.3) is 17.1 Å². The predicted octanol–water partition coefficient (Wildman–Crippen LogP) is 2.67. The lowest BCUT2D eigenvalue weighted by atomic mass is 10.2. The Hall–Kier alpha value is -3.81. The van der Waals surface area contributed by atoms with Crippen molar-refractivity contribution in [3.05, 3.63) is 78.4 Å². The smallest absolute Gasteiger partial charge is 0.361 e. The van der Waals surface area contributed by atoms with Crippen LogP contribution in [-0.4, -0.2) is 31.2 Å². The van der Waals surface area contributed by atoms with Gasteiger partial charge in [-0.15, -0.1) is 15.3 Å². The monoisotopic (exact) mass is 347 g/mol. The molecule has 0 saturated heterocycles. The van der Waals surface area contributed by atoms with Gasteiger partial charge in [0, 0.05) is 5.56 Å². The number of carbonyl (C=O) groups excluding carboxylic acids is 1. The lowest BCUT2D eigenvalue weighted by Gasteiger charge is -1.99. The molecule has 0 radical (unpaired) electrons. The normalized spacial score (nSPS) is 10.6. The molecule has 4 aromatic rings. The topological polar surface area (TPSA) is 95.9 Å². The Morgan fingerprint density at radius 2 is 1.73 bits per heavy atom.